The molecule has 1 aromatic rings. The van der Waals surface area contributed by atoms with Gasteiger partial charge in [0, 0.05) is 11.4 Å². The number of ether oxygens (including phenoxy) is 2. The van der Waals surface area contributed by atoms with E-state index < -0.39 is 17.9 Å². The molecular weight excluding hydrogens is 306 g/mol. The lowest BCUT2D eigenvalue weighted by atomic mass is 9.79. The molecule has 0 aromatic heterocycles. The van der Waals surface area contributed by atoms with Crippen LogP contribution in [0.25, 0.3) is 0 Å². The van der Waals surface area contributed by atoms with E-state index in [1.54, 1.807) is 13.8 Å². The van der Waals surface area contributed by atoms with E-state index >= 15 is 0 Å². The van der Waals surface area contributed by atoms with Gasteiger partial charge in [0.15, 0.2) is 0 Å². The fourth-order valence-corrected chi connectivity index (χ4v) is 3.26. The van der Waals surface area contributed by atoms with Crippen LogP contribution in [0, 0.1) is 13.8 Å². The van der Waals surface area contributed by atoms with Crippen LogP contribution in [-0.2, 0) is 19.1 Å². The summed E-state index contributed by atoms with van der Waals surface area (Å²) in [5.74, 6) is -1.44. The van der Waals surface area contributed by atoms with Crippen molar-refractivity contribution < 1.29 is 19.1 Å². The zero-order chi connectivity index (χ0) is 18.0. The van der Waals surface area contributed by atoms with Gasteiger partial charge in [-0.25, -0.2) is 9.59 Å². The number of carbonyl (C=O) groups excluding carboxylic acids is 2. The Hall–Kier alpha value is -2.56. The number of carbonyl (C=O) groups is 2. The maximum Gasteiger partial charge on any atom is 0.336 e. The molecule has 5 nitrogen and oxygen atoms in total. The van der Waals surface area contributed by atoms with Crippen molar-refractivity contribution in [1.29, 1.82) is 0 Å². The van der Waals surface area contributed by atoms with Crippen molar-refractivity contribution >= 4 is 11.9 Å². The van der Waals surface area contributed by atoms with Crippen LogP contribution in [0.3, 0.4) is 0 Å². The van der Waals surface area contributed by atoms with Crippen LogP contribution in [0.5, 0.6) is 0 Å². The molecule has 0 fully saturated rings. The number of dihydropyridines is 1. The first-order chi connectivity index (χ1) is 11.3. The highest BCUT2D eigenvalue weighted by atomic mass is 16.5. The molecule has 0 aliphatic carbocycles. The lowest BCUT2D eigenvalue weighted by molar-refractivity contribution is -0.137. The van der Waals surface area contributed by atoms with Crippen molar-refractivity contribution in [2.75, 3.05) is 14.2 Å². The number of aryl methyl sites for hydroxylation is 2. The summed E-state index contributed by atoms with van der Waals surface area (Å²) in [7, 11) is 2.67. The molecule has 24 heavy (non-hydrogen) atoms. The van der Waals surface area contributed by atoms with Crippen LogP contribution in [0.15, 0.2) is 40.7 Å². The molecule has 1 aromatic carbocycles. The molecule has 0 amide bonds. The highest BCUT2D eigenvalue weighted by molar-refractivity contribution is 5.99. The van der Waals surface area contributed by atoms with Gasteiger partial charge < -0.3 is 14.8 Å². The zero-order valence-electron chi connectivity index (χ0n) is 14.9. The van der Waals surface area contributed by atoms with Crippen molar-refractivity contribution in [3.63, 3.8) is 0 Å². The van der Waals surface area contributed by atoms with Gasteiger partial charge in [0.1, 0.15) is 0 Å². The topological polar surface area (TPSA) is 64.6 Å². The van der Waals surface area contributed by atoms with Crippen molar-refractivity contribution in [2.24, 2.45) is 0 Å². The fraction of sp³-hybridized carbons (Fsp3) is 0.368. The summed E-state index contributed by atoms with van der Waals surface area (Å²) in [6, 6.07) is 6.01. The first kappa shape index (κ1) is 17.8. The molecule has 128 valence electrons. The number of hydrogen-bond acceptors (Lipinski definition) is 5. The van der Waals surface area contributed by atoms with Crippen LogP contribution in [0.4, 0.5) is 0 Å². The molecule has 0 bridgehead atoms. The summed E-state index contributed by atoms with van der Waals surface area (Å²) in [4.78, 5) is 24.8. The maximum atomic E-state index is 12.4. The largest absolute Gasteiger partial charge is 0.466 e. The Morgan fingerprint density at radius 3 is 1.62 bits per heavy atom. The average molecular weight is 329 g/mol. The van der Waals surface area contributed by atoms with Gasteiger partial charge in [-0.15, -0.1) is 0 Å². The molecule has 0 saturated carbocycles. The molecule has 0 atom stereocenters. The number of benzene rings is 1. The molecule has 1 aliphatic heterocycles. The number of methoxy groups -OCH3 is 2. The second-order valence-electron chi connectivity index (χ2n) is 6.04. The van der Waals surface area contributed by atoms with E-state index in [-0.39, 0.29) is 0 Å². The first-order valence-corrected chi connectivity index (χ1v) is 7.73. The summed E-state index contributed by atoms with van der Waals surface area (Å²) in [6.07, 6.45) is 0. The number of hydrogen-bond donors (Lipinski definition) is 1. The monoisotopic (exact) mass is 329 g/mol. The first-order valence-electron chi connectivity index (χ1n) is 7.73. The van der Waals surface area contributed by atoms with Gasteiger partial charge in [-0.05, 0) is 33.3 Å². The Bertz CT molecular complexity index is 700. The van der Waals surface area contributed by atoms with E-state index in [4.69, 9.17) is 9.47 Å². The smallest absolute Gasteiger partial charge is 0.336 e. The third-order valence-corrected chi connectivity index (χ3v) is 4.15. The maximum absolute atomic E-state index is 12.4. The van der Waals surface area contributed by atoms with Gasteiger partial charge in [-0.1, -0.05) is 29.3 Å². The van der Waals surface area contributed by atoms with Crippen LogP contribution in [-0.4, -0.2) is 26.2 Å². The van der Waals surface area contributed by atoms with Gasteiger partial charge in [0.2, 0.25) is 0 Å². The second kappa shape index (κ2) is 6.91. The Morgan fingerprint density at radius 1 is 0.833 bits per heavy atom. The highest BCUT2D eigenvalue weighted by Gasteiger charge is 2.37. The lowest BCUT2D eigenvalue weighted by Crippen LogP contribution is -2.32. The van der Waals surface area contributed by atoms with E-state index in [0.29, 0.717) is 22.5 Å². The fourth-order valence-electron chi connectivity index (χ4n) is 3.26. The summed E-state index contributed by atoms with van der Waals surface area (Å²) < 4.78 is 9.92. The minimum atomic E-state index is -0.523. The molecule has 0 radical (unpaired) electrons. The standard InChI is InChI=1S/C19H23NO4/c1-10-7-11(2)9-14(8-10)17-15(18(21)23-5)12(3)20-13(4)16(17)19(22)24-6/h7-9,17,20H,1-6H3. The molecule has 1 heterocycles. The lowest BCUT2D eigenvalue weighted by Gasteiger charge is -2.30. The number of allylic oxidation sites excluding steroid dienone is 2. The summed E-state index contributed by atoms with van der Waals surface area (Å²) in [5, 5.41) is 3.10. The van der Waals surface area contributed by atoms with E-state index in [0.717, 1.165) is 16.7 Å². The molecule has 5 heteroatoms. The van der Waals surface area contributed by atoms with Crippen LogP contribution in [0.1, 0.15) is 36.5 Å². The van der Waals surface area contributed by atoms with E-state index in [1.165, 1.54) is 14.2 Å². The minimum Gasteiger partial charge on any atom is -0.466 e. The van der Waals surface area contributed by atoms with Crippen LogP contribution >= 0.6 is 0 Å². The van der Waals surface area contributed by atoms with Gasteiger partial charge >= 0.3 is 11.9 Å². The third kappa shape index (κ3) is 3.20. The molecule has 1 aliphatic rings. The summed E-state index contributed by atoms with van der Waals surface area (Å²) in [5.41, 5.74) is 5.20. The van der Waals surface area contributed by atoms with Crippen molar-refractivity contribution in [3.8, 4) is 0 Å². The van der Waals surface area contributed by atoms with Crippen LogP contribution < -0.4 is 5.32 Å². The van der Waals surface area contributed by atoms with Gasteiger partial charge in [-0.3, -0.25) is 0 Å². The zero-order valence-corrected chi connectivity index (χ0v) is 14.9. The van der Waals surface area contributed by atoms with Crippen molar-refractivity contribution in [3.05, 3.63) is 57.4 Å². The minimum absolute atomic E-state index is 0.425. The normalized spacial score (nSPS) is 15.2. The van der Waals surface area contributed by atoms with Crippen LogP contribution in [0.2, 0.25) is 0 Å². The quantitative estimate of drug-likeness (QED) is 0.864. The molecule has 2 rings (SSSR count). The molecular formula is C19H23NO4. The number of esters is 2. The highest BCUT2D eigenvalue weighted by Crippen LogP contribution is 2.39. The Kier molecular flexibility index (Phi) is 5.12. The van der Waals surface area contributed by atoms with Crippen molar-refractivity contribution in [2.45, 2.75) is 33.6 Å². The molecule has 0 spiro atoms. The van der Waals surface area contributed by atoms with Gasteiger partial charge in [0.25, 0.3) is 0 Å². The average Bonchev–Trinajstić information content (AvgIpc) is 2.51. The predicted molar refractivity (Wildman–Crippen MR) is 91.2 cm³/mol. The summed E-state index contributed by atoms with van der Waals surface area (Å²) >= 11 is 0. The van der Waals surface area contributed by atoms with E-state index in [1.807, 2.05) is 32.0 Å². The Morgan fingerprint density at radius 2 is 1.25 bits per heavy atom. The number of rotatable bonds is 3. The molecule has 0 saturated heterocycles. The Balaban J connectivity index is 2.74. The van der Waals surface area contributed by atoms with Crippen molar-refractivity contribution in [1.82, 2.24) is 5.32 Å². The van der Waals surface area contributed by atoms with Gasteiger partial charge in [-0.2, -0.15) is 0 Å². The number of nitrogens with one attached hydrogen (secondary N) is 1. The van der Waals surface area contributed by atoms with Gasteiger partial charge in [0.05, 0.1) is 31.3 Å². The third-order valence-electron chi connectivity index (χ3n) is 4.15. The summed E-state index contributed by atoms with van der Waals surface area (Å²) in [6.45, 7) is 7.58. The van der Waals surface area contributed by atoms with E-state index in [2.05, 4.69) is 5.32 Å². The predicted octanol–water partition coefficient (Wildman–Crippen LogP) is 2.88. The SMILES string of the molecule is COC(=O)C1=C(C)NC(C)=C(C(=O)OC)C1c1cc(C)cc(C)c1. The second-order valence-corrected chi connectivity index (χ2v) is 6.04. The Labute approximate surface area is 142 Å². The molecule has 0 unspecified atom stereocenters. The molecule has 1 N–H and O–H groups in total. The van der Waals surface area contributed by atoms with E-state index in [9.17, 15) is 9.59 Å².